The molecule has 2 N–H and O–H groups in total. The maximum atomic E-state index is 11.7. The summed E-state index contributed by atoms with van der Waals surface area (Å²) in [7, 11) is 3.24. The number of carbonyl (C=O) groups is 1. The molecule has 0 aliphatic rings. The van der Waals surface area contributed by atoms with Crippen molar-refractivity contribution in [2.75, 3.05) is 20.8 Å². The molecule has 0 aliphatic heterocycles. The SMILES string of the molecule is COCC(N)C(=O)N(C)Cc1csc(C)n1.Cl.Cl. The monoisotopic (exact) mass is 315 g/mol. The molecule has 0 spiro atoms. The minimum atomic E-state index is -0.602. The van der Waals surface area contributed by atoms with Gasteiger partial charge in [0.1, 0.15) is 6.04 Å². The number of nitrogens with two attached hydrogens (primary N) is 1. The van der Waals surface area contributed by atoms with Crippen molar-refractivity contribution in [2.45, 2.75) is 19.5 Å². The molecule has 1 aromatic heterocycles. The van der Waals surface area contributed by atoms with Crippen molar-refractivity contribution in [3.8, 4) is 0 Å². The quantitative estimate of drug-likeness (QED) is 0.887. The zero-order valence-electron chi connectivity index (χ0n) is 10.6. The molecule has 0 saturated heterocycles. The number of ether oxygens (including phenoxy) is 1. The summed E-state index contributed by atoms with van der Waals surface area (Å²) in [4.78, 5) is 17.6. The number of aromatic nitrogens is 1. The van der Waals surface area contributed by atoms with E-state index in [1.165, 1.54) is 7.11 Å². The van der Waals surface area contributed by atoms with E-state index in [9.17, 15) is 4.79 Å². The molecule has 0 radical (unpaired) electrons. The van der Waals surface area contributed by atoms with Crippen LogP contribution >= 0.6 is 36.2 Å². The van der Waals surface area contributed by atoms with Gasteiger partial charge in [-0.1, -0.05) is 0 Å². The zero-order chi connectivity index (χ0) is 12.1. The Labute approximate surface area is 124 Å². The van der Waals surface area contributed by atoms with Gasteiger partial charge in [-0.3, -0.25) is 4.79 Å². The summed E-state index contributed by atoms with van der Waals surface area (Å²) < 4.78 is 4.84. The van der Waals surface area contributed by atoms with Gasteiger partial charge in [0.15, 0.2) is 0 Å². The number of methoxy groups -OCH3 is 1. The van der Waals surface area contributed by atoms with Crippen molar-refractivity contribution in [3.63, 3.8) is 0 Å². The summed E-state index contributed by atoms with van der Waals surface area (Å²) in [6.45, 7) is 2.66. The molecule has 18 heavy (non-hydrogen) atoms. The third kappa shape index (κ3) is 5.97. The fraction of sp³-hybridized carbons (Fsp3) is 0.600. The van der Waals surface area contributed by atoms with Gasteiger partial charge in [0.05, 0.1) is 23.9 Å². The molecule has 106 valence electrons. The summed E-state index contributed by atoms with van der Waals surface area (Å²) in [5.41, 5.74) is 6.55. The molecule has 1 aromatic rings. The van der Waals surface area contributed by atoms with Crippen molar-refractivity contribution < 1.29 is 9.53 Å². The molecule has 8 heteroatoms. The molecule has 1 atom stereocenters. The first kappa shape index (κ1) is 19.9. The van der Waals surface area contributed by atoms with Crippen LogP contribution in [-0.4, -0.2) is 42.6 Å². The summed E-state index contributed by atoms with van der Waals surface area (Å²) in [5, 5.41) is 2.94. The third-order valence-electron chi connectivity index (χ3n) is 2.11. The number of hydrogen-bond acceptors (Lipinski definition) is 5. The van der Waals surface area contributed by atoms with Crippen molar-refractivity contribution in [1.82, 2.24) is 9.88 Å². The fourth-order valence-electron chi connectivity index (χ4n) is 1.34. The van der Waals surface area contributed by atoms with E-state index in [0.29, 0.717) is 6.54 Å². The Hall–Kier alpha value is -0.400. The number of aryl methyl sites for hydroxylation is 1. The van der Waals surface area contributed by atoms with Gasteiger partial charge in [0.2, 0.25) is 5.91 Å². The molecule has 1 heterocycles. The topological polar surface area (TPSA) is 68.5 Å². The van der Waals surface area contributed by atoms with Crippen LogP contribution in [0.4, 0.5) is 0 Å². The van der Waals surface area contributed by atoms with Crippen LogP contribution in [0.1, 0.15) is 10.7 Å². The molecule has 0 saturated carbocycles. The van der Waals surface area contributed by atoms with Gasteiger partial charge in [0.25, 0.3) is 0 Å². The average Bonchev–Trinajstić information content (AvgIpc) is 2.63. The van der Waals surface area contributed by atoms with Gasteiger partial charge in [0, 0.05) is 19.5 Å². The second-order valence-corrected chi connectivity index (χ2v) is 4.68. The Balaban J connectivity index is 0. The number of carbonyl (C=O) groups excluding carboxylic acids is 1. The molecular weight excluding hydrogens is 297 g/mol. The van der Waals surface area contributed by atoms with E-state index in [0.717, 1.165) is 10.7 Å². The molecular formula is C10H19Cl2N3O2S. The van der Waals surface area contributed by atoms with Gasteiger partial charge >= 0.3 is 0 Å². The highest BCUT2D eigenvalue weighted by atomic mass is 35.5. The van der Waals surface area contributed by atoms with Crippen LogP contribution in [0.15, 0.2) is 5.38 Å². The number of amides is 1. The van der Waals surface area contributed by atoms with Crippen molar-refractivity contribution in [1.29, 1.82) is 0 Å². The van der Waals surface area contributed by atoms with E-state index in [-0.39, 0.29) is 37.3 Å². The highest BCUT2D eigenvalue weighted by Gasteiger charge is 2.18. The van der Waals surface area contributed by atoms with Crippen molar-refractivity contribution in [3.05, 3.63) is 16.1 Å². The summed E-state index contributed by atoms with van der Waals surface area (Å²) in [6, 6.07) is -0.602. The lowest BCUT2D eigenvalue weighted by Gasteiger charge is -2.19. The third-order valence-corrected chi connectivity index (χ3v) is 2.93. The number of thiazole rings is 1. The minimum absolute atomic E-state index is 0. The number of hydrogen-bond donors (Lipinski definition) is 1. The summed E-state index contributed by atoms with van der Waals surface area (Å²) >= 11 is 1.57. The van der Waals surface area contributed by atoms with E-state index >= 15 is 0 Å². The number of rotatable bonds is 5. The standard InChI is InChI=1S/C10H17N3O2S.2ClH/c1-7-12-8(6-16-7)4-13(2)10(14)9(11)5-15-3;;/h6,9H,4-5,11H2,1-3H3;2*1H. The van der Waals surface area contributed by atoms with E-state index in [1.807, 2.05) is 12.3 Å². The van der Waals surface area contributed by atoms with E-state index in [2.05, 4.69) is 4.98 Å². The molecule has 0 fully saturated rings. The van der Waals surface area contributed by atoms with E-state index < -0.39 is 6.04 Å². The van der Waals surface area contributed by atoms with Crippen molar-refractivity contribution >= 4 is 42.1 Å². The number of likely N-dealkylation sites (N-methyl/N-ethyl adjacent to an activating group) is 1. The van der Waals surface area contributed by atoms with Crippen LogP contribution < -0.4 is 5.73 Å². The van der Waals surface area contributed by atoms with Crippen molar-refractivity contribution in [2.24, 2.45) is 5.73 Å². The second kappa shape index (κ2) is 9.52. The maximum Gasteiger partial charge on any atom is 0.241 e. The molecule has 0 aliphatic carbocycles. The Kier molecular flexibility index (Phi) is 10.5. The van der Waals surface area contributed by atoms with E-state index in [4.69, 9.17) is 10.5 Å². The van der Waals surface area contributed by atoms with E-state index in [1.54, 1.807) is 23.3 Å². The Bertz CT molecular complexity index is 363. The zero-order valence-corrected chi connectivity index (χ0v) is 13.0. The fourth-order valence-corrected chi connectivity index (χ4v) is 1.94. The van der Waals surface area contributed by atoms with Gasteiger partial charge in [-0.15, -0.1) is 36.2 Å². The molecule has 1 rings (SSSR count). The predicted octanol–water partition coefficient (Wildman–Crippen LogP) is 1.23. The molecule has 0 bridgehead atoms. The Morgan fingerprint density at radius 1 is 1.61 bits per heavy atom. The normalized spacial score (nSPS) is 11.1. The van der Waals surface area contributed by atoms with Crippen LogP contribution in [0, 0.1) is 6.92 Å². The van der Waals surface area contributed by atoms with Crippen LogP contribution in [0.2, 0.25) is 0 Å². The van der Waals surface area contributed by atoms with Gasteiger partial charge in [-0.05, 0) is 6.92 Å². The molecule has 1 unspecified atom stereocenters. The lowest BCUT2D eigenvalue weighted by Crippen LogP contribution is -2.44. The molecule has 5 nitrogen and oxygen atoms in total. The number of halogens is 2. The average molecular weight is 316 g/mol. The van der Waals surface area contributed by atoms with Gasteiger partial charge < -0.3 is 15.4 Å². The lowest BCUT2D eigenvalue weighted by atomic mass is 10.3. The first-order valence-electron chi connectivity index (χ1n) is 4.95. The lowest BCUT2D eigenvalue weighted by molar-refractivity contribution is -0.133. The smallest absolute Gasteiger partial charge is 0.241 e. The van der Waals surface area contributed by atoms with Gasteiger partial charge in [-0.2, -0.15) is 0 Å². The maximum absolute atomic E-state index is 11.7. The summed E-state index contributed by atoms with van der Waals surface area (Å²) in [6.07, 6.45) is 0. The van der Waals surface area contributed by atoms with Crippen LogP contribution in [0.5, 0.6) is 0 Å². The highest BCUT2D eigenvalue weighted by Crippen LogP contribution is 2.10. The minimum Gasteiger partial charge on any atom is -0.383 e. The molecule has 1 amide bonds. The summed E-state index contributed by atoms with van der Waals surface area (Å²) in [5.74, 6) is -0.132. The molecule has 0 aromatic carbocycles. The number of nitrogens with zero attached hydrogens (tertiary/aromatic N) is 2. The highest BCUT2D eigenvalue weighted by molar-refractivity contribution is 7.09. The Morgan fingerprint density at radius 2 is 2.22 bits per heavy atom. The van der Waals surface area contributed by atoms with Crippen LogP contribution in [0.3, 0.4) is 0 Å². The first-order chi connectivity index (χ1) is 7.54. The van der Waals surface area contributed by atoms with Crippen LogP contribution in [0.25, 0.3) is 0 Å². The predicted molar refractivity (Wildman–Crippen MR) is 77.7 cm³/mol. The first-order valence-corrected chi connectivity index (χ1v) is 5.83. The van der Waals surface area contributed by atoms with Gasteiger partial charge in [-0.25, -0.2) is 4.98 Å². The Morgan fingerprint density at radius 3 is 2.67 bits per heavy atom. The largest absolute Gasteiger partial charge is 0.383 e. The van der Waals surface area contributed by atoms with Crippen LogP contribution in [-0.2, 0) is 16.1 Å². The second-order valence-electron chi connectivity index (χ2n) is 3.61.